The molecule has 5 nitrogen and oxygen atoms in total. The van der Waals surface area contributed by atoms with Gasteiger partial charge in [-0.2, -0.15) is 0 Å². The van der Waals surface area contributed by atoms with E-state index < -0.39 is 17.9 Å². The molecule has 5 heteroatoms. The van der Waals surface area contributed by atoms with E-state index in [2.05, 4.69) is 11.9 Å². The molecule has 0 saturated heterocycles. The van der Waals surface area contributed by atoms with Crippen molar-refractivity contribution in [1.29, 1.82) is 0 Å². The molecular formula is C10H17NO4. The van der Waals surface area contributed by atoms with Crippen LogP contribution in [-0.4, -0.2) is 36.2 Å². The van der Waals surface area contributed by atoms with E-state index in [1.807, 2.05) is 0 Å². The van der Waals surface area contributed by atoms with Crippen LogP contribution in [0.2, 0.25) is 0 Å². The summed E-state index contributed by atoms with van der Waals surface area (Å²) in [6.45, 7) is 7.00. The van der Waals surface area contributed by atoms with Crippen molar-refractivity contribution in [3.63, 3.8) is 0 Å². The van der Waals surface area contributed by atoms with Crippen molar-refractivity contribution in [2.24, 2.45) is 5.92 Å². The second kappa shape index (κ2) is 7.00. The molecule has 0 heterocycles. The lowest BCUT2D eigenvalue weighted by Gasteiger charge is -2.17. The predicted molar refractivity (Wildman–Crippen MR) is 55.4 cm³/mol. The Balaban J connectivity index is 4.00. The Labute approximate surface area is 89.1 Å². The van der Waals surface area contributed by atoms with Gasteiger partial charge in [-0.3, -0.25) is 4.79 Å². The van der Waals surface area contributed by atoms with Crippen LogP contribution in [0.3, 0.4) is 0 Å². The van der Waals surface area contributed by atoms with Gasteiger partial charge >= 0.3 is 5.97 Å². The zero-order chi connectivity index (χ0) is 11.8. The van der Waals surface area contributed by atoms with E-state index in [1.54, 1.807) is 13.8 Å². The van der Waals surface area contributed by atoms with Crippen molar-refractivity contribution in [3.8, 4) is 0 Å². The van der Waals surface area contributed by atoms with Gasteiger partial charge in [0.05, 0.1) is 6.61 Å². The molecule has 0 aliphatic heterocycles. The van der Waals surface area contributed by atoms with Gasteiger partial charge in [-0.15, -0.1) is 6.58 Å². The molecule has 0 aliphatic rings. The molecule has 0 fully saturated rings. The summed E-state index contributed by atoms with van der Waals surface area (Å²) < 4.78 is 4.88. The Hall–Kier alpha value is -1.36. The molecule has 0 saturated carbocycles. The van der Waals surface area contributed by atoms with Crippen molar-refractivity contribution in [3.05, 3.63) is 12.7 Å². The molecule has 0 radical (unpaired) electrons. The molecule has 0 bridgehead atoms. The van der Waals surface area contributed by atoms with E-state index in [-0.39, 0.29) is 19.1 Å². The van der Waals surface area contributed by atoms with E-state index in [9.17, 15) is 9.59 Å². The molecule has 0 aromatic rings. The van der Waals surface area contributed by atoms with E-state index in [0.717, 1.165) is 0 Å². The second-order valence-electron chi connectivity index (χ2n) is 3.43. The molecule has 0 aliphatic carbocycles. The zero-order valence-electron chi connectivity index (χ0n) is 9.03. The van der Waals surface area contributed by atoms with Gasteiger partial charge in [-0.25, -0.2) is 4.79 Å². The minimum absolute atomic E-state index is 0.150. The molecule has 15 heavy (non-hydrogen) atoms. The first-order valence-corrected chi connectivity index (χ1v) is 4.69. The number of carbonyl (C=O) groups excluding carboxylic acids is 1. The SMILES string of the molecule is C=CCOCC(=O)N[C@@H](C(=O)O)C(C)C. The summed E-state index contributed by atoms with van der Waals surface area (Å²) >= 11 is 0. The number of hydrogen-bond acceptors (Lipinski definition) is 3. The summed E-state index contributed by atoms with van der Waals surface area (Å²) in [5.74, 6) is -1.63. The molecule has 0 aromatic carbocycles. The number of rotatable bonds is 7. The minimum atomic E-state index is -1.04. The number of hydrogen-bond donors (Lipinski definition) is 2. The van der Waals surface area contributed by atoms with Gasteiger partial charge in [0.2, 0.25) is 5.91 Å². The summed E-state index contributed by atoms with van der Waals surface area (Å²) in [7, 11) is 0. The number of aliphatic carboxylic acids is 1. The number of amides is 1. The molecule has 1 atom stereocenters. The maximum absolute atomic E-state index is 11.2. The van der Waals surface area contributed by atoms with E-state index in [1.165, 1.54) is 6.08 Å². The number of carbonyl (C=O) groups is 2. The molecule has 0 aromatic heterocycles. The third-order valence-electron chi connectivity index (χ3n) is 1.72. The molecule has 1 amide bonds. The first-order chi connectivity index (χ1) is 6.99. The molecule has 2 N–H and O–H groups in total. The summed E-state index contributed by atoms with van der Waals surface area (Å²) in [6.07, 6.45) is 1.52. The molecule has 0 spiro atoms. The van der Waals surface area contributed by atoms with Crippen LogP contribution in [0.1, 0.15) is 13.8 Å². The average Bonchev–Trinajstić information content (AvgIpc) is 2.13. The highest BCUT2D eigenvalue weighted by Crippen LogP contribution is 2.01. The number of carboxylic acids is 1. The zero-order valence-corrected chi connectivity index (χ0v) is 9.03. The smallest absolute Gasteiger partial charge is 0.326 e. The lowest BCUT2D eigenvalue weighted by atomic mass is 10.1. The van der Waals surface area contributed by atoms with Crippen LogP contribution in [0.5, 0.6) is 0 Å². The summed E-state index contributed by atoms with van der Waals surface area (Å²) in [6, 6.07) is -0.871. The van der Waals surface area contributed by atoms with Crippen LogP contribution >= 0.6 is 0 Å². The fourth-order valence-electron chi connectivity index (χ4n) is 0.964. The normalized spacial score (nSPS) is 12.2. The fourth-order valence-corrected chi connectivity index (χ4v) is 0.964. The fraction of sp³-hybridized carbons (Fsp3) is 0.600. The van der Waals surface area contributed by atoms with Crippen LogP contribution < -0.4 is 5.32 Å². The maximum atomic E-state index is 11.2. The second-order valence-corrected chi connectivity index (χ2v) is 3.43. The van der Waals surface area contributed by atoms with Gasteiger partial charge in [0.1, 0.15) is 12.6 Å². The lowest BCUT2D eigenvalue weighted by molar-refractivity contribution is -0.143. The van der Waals surface area contributed by atoms with Crippen molar-refractivity contribution in [1.82, 2.24) is 5.32 Å². The topological polar surface area (TPSA) is 75.6 Å². The first-order valence-electron chi connectivity index (χ1n) is 4.69. The third kappa shape index (κ3) is 5.85. The van der Waals surface area contributed by atoms with Crippen molar-refractivity contribution < 1.29 is 19.4 Å². The van der Waals surface area contributed by atoms with Crippen molar-refractivity contribution in [2.45, 2.75) is 19.9 Å². The number of ether oxygens (including phenoxy) is 1. The van der Waals surface area contributed by atoms with Crippen LogP contribution in [-0.2, 0) is 14.3 Å². The Morgan fingerprint density at radius 3 is 2.53 bits per heavy atom. The summed E-state index contributed by atoms with van der Waals surface area (Å²) in [5.41, 5.74) is 0. The molecule has 86 valence electrons. The van der Waals surface area contributed by atoms with Gasteiger partial charge in [-0.1, -0.05) is 19.9 Å². The van der Waals surface area contributed by atoms with Gasteiger partial charge in [0.15, 0.2) is 0 Å². The standard InChI is InChI=1S/C10H17NO4/c1-4-5-15-6-8(12)11-9(7(2)3)10(13)14/h4,7,9H,1,5-6H2,2-3H3,(H,11,12)(H,13,14)/t9-/m1/s1. The van der Waals surface area contributed by atoms with Crippen LogP contribution in [0, 0.1) is 5.92 Å². The Bertz CT molecular complexity index is 238. The number of nitrogens with one attached hydrogen (secondary N) is 1. The van der Waals surface area contributed by atoms with Gasteiger partial charge in [0.25, 0.3) is 0 Å². The maximum Gasteiger partial charge on any atom is 0.326 e. The van der Waals surface area contributed by atoms with Gasteiger partial charge in [-0.05, 0) is 5.92 Å². The average molecular weight is 215 g/mol. The quantitative estimate of drug-likeness (QED) is 0.476. The summed E-state index contributed by atoms with van der Waals surface area (Å²) in [4.78, 5) is 21.9. The largest absolute Gasteiger partial charge is 0.480 e. The van der Waals surface area contributed by atoms with Crippen LogP contribution in [0.4, 0.5) is 0 Å². The predicted octanol–water partition coefficient (Wildman–Crippen LogP) is 0.414. The molecule has 0 unspecified atom stereocenters. The molecular weight excluding hydrogens is 198 g/mol. The third-order valence-corrected chi connectivity index (χ3v) is 1.72. The molecule has 0 rings (SSSR count). The van der Waals surface area contributed by atoms with Crippen LogP contribution in [0.25, 0.3) is 0 Å². The minimum Gasteiger partial charge on any atom is -0.480 e. The van der Waals surface area contributed by atoms with E-state index >= 15 is 0 Å². The highest BCUT2D eigenvalue weighted by atomic mass is 16.5. The van der Waals surface area contributed by atoms with E-state index in [0.29, 0.717) is 0 Å². The number of carboxylic acid groups (broad SMARTS) is 1. The summed E-state index contributed by atoms with van der Waals surface area (Å²) in [5, 5.41) is 11.2. The Morgan fingerprint density at radius 1 is 1.53 bits per heavy atom. The van der Waals surface area contributed by atoms with Gasteiger partial charge < -0.3 is 15.2 Å². The van der Waals surface area contributed by atoms with Gasteiger partial charge in [0, 0.05) is 0 Å². The van der Waals surface area contributed by atoms with Crippen LogP contribution in [0.15, 0.2) is 12.7 Å². The van der Waals surface area contributed by atoms with Crippen molar-refractivity contribution in [2.75, 3.05) is 13.2 Å². The van der Waals surface area contributed by atoms with E-state index in [4.69, 9.17) is 9.84 Å². The highest BCUT2D eigenvalue weighted by molar-refractivity contribution is 5.84. The Morgan fingerprint density at radius 2 is 2.13 bits per heavy atom. The first kappa shape index (κ1) is 13.6. The lowest BCUT2D eigenvalue weighted by Crippen LogP contribution is -2.45. The van der Waals surface area contributed by atoms with Crippen molar-refractivity contribution >= 4 is 11.9 Å². The monoisotopic (exact) mass is 215 g/mol. The highest BCUT2D eigenvalue weighted by Gasteiger charge is 2.22. The Kier molecular flexibility index (Phi) is 6.37.